The van der Waals surface area contributed by atoms with Crippen molar-refractivity contribution in [3.63, 3.8) is 0 Å². The number of amides is 1. The topological polar surface area (TPSA) is 66.4 Å². The lowest BCUT2D eigenvalue weighted by molar-refractivity contribution is -0.145. The van der Waals surface area contributed by atoms with Crippen LogP contribution in [0.2, 0.25) is 0 Å². The fourth-order valence-corrected chi connectivity index (χ4v) is 2.47. The highest BCUT2D eigenvalue weighted by molar-refractivity contribution is 5.78. The Morgan fingerprint density at radius 3 is 2.39 bits per heavy atom. The van der Waals surface area contributed by atoms with Crippen molar-refractivity contribution >= 4 is 11.9 Å². The number of carboxylic acids is 1. The molecule has 3 unspecified atom stereocenters. The summed E-state index contributed by atoms with van der Waals surface area (Å²) in [6, 6.07) is 0. The normalized spacial score (nSPS) is 25.8. The van der Waals surface area contributed by atoms with E-state index in [-0.39, 0.29) is 23.7 Å². The van der Waals surface area contributed by atoms with Crippen molar-refractivity contribution in [3.05, 3.63) is 0 Å². The number of carboxylic acid groups (broad SMARTS) is 1. The summed E-state index contributed by atoms with van der Waals surface area (Å²) in [6.45, 7) is 6.46. The van der Waals surface area contributed by atoms with Crippen LogP contribution in [-0.4, -0.2) is 23.5 Å². The van der Waals surface area contributed by atoms with Gasteiger partial charge in [-0.1, -0.05) is 33.6 Å². The van der Waals surface area contributed by atoms with E-state index in [0.717, 1.165) is 25.7 Å². The fraction of sp³-hybridized carbons (Fsp3) is 0.857. The molecule has 0 aliphatic heterocycles. The SMILES string of the molecule is CC(C)C(C)C(=O)NCC1CCCCC1C(=O)O. The minimum atomic E-state index is -0.717. The largest absolute Gasteiger partial charge is 0.481 e. The van der Waals surface area contributed by atoms with Crippen LogP contribution in [-0.2, 0) is 9.59 Å². The quantitative estimate of drug-likeness (QED) is 0.792. The Bertz CT molecular complexity index is 301. The second-order valence-electron chi connectivity index (χ2n) is 5.77. The van der Waals surface area contributed by atoms with Crippen molar-refractivity contribution in [2.45, 2.75) is 46.5 Å². The predicted molar refractivity (Wildman–Crippen MR) is 70.1 cm³/mol. The first kappa shape index (κ1) is 15.0. The van der Waals surface area contributed by atoms with Gasteiger partial charge in [0.1, 0.15) is 0 Å². The average molecular weight is 255 g/mol. The van der Waals surface area contributed by atoms with Crippen LogP contribution in [0.5, 0.6) is 0 Å². The molecule has 1 aliphatic rings. The second-order valence-corrected chi connectivity index (χ2v) is 5.77. The Hall–Kier alpha value is -1.06. The number of carbonyl (C=O) groups is 2. The van der Waals surface area contributed by atoms with Crippen LogP contribution in [0.3, 0.4) is 0 Å². The zero-order valence-corrected chi connectivity index (χ0v) is 11.6. The van der Waals surface area contributed by atoms with E-state index in [2.05, 4.69) is 5.32 Å². The van der Waals surface area contributed by atoms with E-state index in [9.17, 15) is 9.59 Å². The molecule has 18 heavy (non-hydrogen) atoms. The summed E-state index contributed by atoms with van der Waals surface area (Å²) >= 11 is 0. The van der Waals surface area contributed by atoms with Gasteiger partial charge in [0.2, 0.25) is 5.91 Å². The lowest BCUT2D eigenvalue weighted by atomic mass is 9.79. The third-order valence-electron chi connectivity index (χ3n) is 4.18. The zero-order valence-electron chi connectivity index (χ0n) is 11.6. The summed E-state index contributed by atoms with van der Waals surface area (Å²) in [5.41, 5.74) is 0. The maximum absolute atomic E-state index is 11.8. The van der Waals surface area contributed by atoms with Crippen LogP contribution in [0.4, 0.5) is 0 Å². The maximum atomic E-state index is 11.8. The summed E-state index contributed by atoms with van der Waals surface area (Å²) < 4.78 is 0. The standard InChI is InChI=1S/C14H25NO3/c1-9(2)10(3)13(16)15-8-11-6-4-5-7-12(11)14(17)18/h9-12H,4-8H2,1-3H3,(H,15,16)(H,17,18). The molecule has 1 aliphatic carbocycles. The summed E-state index contributed by atoms with van der Waals surface area (Å²) in [7, 11) is 0. The van der Waals surface area contributed by atoms with Crippen molar-refractivity contribution in [3.8, 4) is 0 Å². The van der Waals surface area contributed by atoms with E-state index in [0.29, 0.717) is 12.5 Å². The Kier molecular flexibility index (Phi) is 5.63. The van der Waals surface area contributed by atoms with Gasteiger partial charge in [0.25, 0.3) is 0 Å². The van der Waals surface area contributed by atoms with E-state index in [4.69, 9.17) is 5.11 Å². The predicted octanol–water partition coefficient (Wildman–Crippen LogP) is 2.29. The zero-order chi connectivity index (χ0) is 13.7. The van der Waals surface area contributed by atoms with Gasteiger partial charge in [0.05, 0.1) is 5.92 Å². The third-order valence-corrected chi connectivity index (χ3v) is 4.18. The monoisotopic (exact) mass is 255 g/mol. The van der Waals surface area contributed by atoms with Gasteiger partial charge in [-0.15, -0.1) is 0 Å². The van der Waals surface area contributed by atoms with Gasteiger partial charge >= 0.3 is 5.97 Å². The van der Waals surface area contributed by atoms with Crippen LogP contribution in [0.25, 0.3) is 0 Å². The highest BCUT2D eigenvalue weighted by Gasteiger charge is 2.31. The van der Waals surface area contributed by atoms with Crippen LogP contribution >= 0.6 is 0 Å². The van der Waals surface area contributed by atoms with E-state index in [1.54, 1.807) is 0 Å². The van der Waals surface area contributed by atoms with Crippen molar-refractivity contribution < 1.29 is 14.7 Å². The first-order valence-corrected chi connectivity index (χ1v) is 6.94. The van der Waals surface area contributed by atoms with E-state index >= 15 is 0 Å². The summed E-state index contributed by atoms with van der Waals surface area (Å²) in [6.07, 6.45) is 3.72. The molecular formula is C14H25NO3. The molecule has 0 saturated heterocycles. The molecule has 0 aromatic heterocycles. The van der Waals surface area contributed by atoms with Gasteiger partial charge in [-0.25, -0.2) is 0 Å². The molecule has 104 valence electrons. The molecule has 1 fully saturated rings. The molecule has 0 aromatic rings. The van der Waals surface area contributed by atoms with Gasteiger partial charge in [0, 0.05) is 12.5 Å². The van der Waals surface area contributed by atoms with Gasteiger partial charge in [-0.3, -0.25) is 9.59 Å². The van der Waals surface area contributed by atoms with Gasteiger partial charge in [-0.05, 0) is 24.7 Å². The highest BCUT2D eigenvalue weighted by atomic mass is 16.4. The van der Waals surface area contributed by atoms with E-state index in [1.165, 1.54) is 0 Å². The molecule has 1 saturated carbocycles. The Balaban J connectivity index is 2.45. The Morgan fingerprint density at radius 2 is 1.83 bits per heavy atom. The lowest BCUT2D eigenvalue weighted by Gasteiger charge is -2.29. The maximum Gasteiger partial charge on any atom is 0.306 e. The molecule has 0 spiro atoms. The second kappa shape index (κ2) is 6.76. The van der Waals surface area contributed by atoms with Crippen LogP contribution < -0.4 is 5.32 Å². The van der Waals surface area contributed by atoms with Crippen molar-refractivity contribution in [2.24, 2.45) is 23.7 Å². The minimum absolute atomic E-state index is 0.0168. The molecular weight excluding hydrogens is 230 g/mol. The van der Waals surface area contributed by atoms with E-state index in [1.807, 2.05) is 20.8 Å². The summed E-state index contributed by atoms with van der Waals surface area (Å²) in [4.78, 5) is 23.0. The molecule has 0 radical (unpaired) electrons. The number of hydrogen-bond acceptors (Lipinski definition) is 2. The highest BCUT2D eigenvalue weighted by Crippen LogP contribution is 2.29. The summed E-state index contributed by atoms with van der Waals surface area (Å²) in [5, 5.41) is 12.1. The lowest BCUT2D eigenvalue weighted by Crippen LogP contribution is -2.39. The minimum Gasteiger partial charge on any atom is -0.481 e. The smallest absolute Gasteiger partial charge is 0.306 e. The van der Waals surface area contributed by atoms with Crippen LogP contribution in [0, 0.1) is 23.7 Å². The first-order chi connectivity index (χ1) is 8.43. The number of carbonyl (C=O) groups excluding carboxylic acids is 1. The molecule has 4 heteroatoms. The Morgan fingerprint density at radius 1 is 1.22 bits per heavy atom. The average Bonchev–Trinajstić information content (AvgIpc) is 2.35. The fourth-order valence-electron chi connectivity index (χ4n) is 2.47. The molecule has 0 bridgehead atoms. The Labute approximate surface area is 109 Å². The number of rotatable bonds is 5. The number of hydrogen-bond donors (Lipinski definition) is 2. The van der Waals surface area contributed by atoms with Gasteiger partial charge in [-0.2, -0.15) is 0 Å². The number of aliphatic carboxylic acids is 1. The first-order valence-electron chi connectivity index (χ1n) is 6.94. The van der Waals surface area contributed by atoms with E-state index < -0.39 is 5.97 Å². The van der Waals surface area contributed by atoms with Gasteiger partial charge in [0.15, 0.2) is 0 Å². The number of nitrogens with one attached hydrogen (secondary N) is 1. The van der Waals surface area contributed by atoms with Crippen LogP contribution in [0.1, 0.15) is 46.5 Å². The third kappa shape index (κ3) is 4.00. The van der Waals surface area contributed by atoms with Gasteiger partial charge < -0.3 is 10.4 Å². The molecule has 2 N–H and O–H groups in total. The molecule has 1 amide bonds. The molecule has 0 heterocycles. The molecule has 0 aromatic carbocycles. The van der Waals surface area contributed by atoms with Crippen LogP contribution in [0.15, 0.2) is 0 Å². The molecule has 3 atom stereocenters. The molecule has 1 rings (SSSR count). The summed E-state index contributed by atoms with van der Waals surface area (Å²) in [5.74, 6) is -0.568. The van der Waals surface area contributed by atoms with Crippen molar-refractivity contribution in [1.29, 1.82) is 0 Å². The van der Waals surface area contributed by atoms with Crippen molar-refractivity contribution in [2.75, 3.05) is 6.54 Å². The molecule has 4 nitrogen and oxygen atoms in total. The van der Waals surface area contributed by atoms with Crippen molar-refractivity contribution in [1.82, 2.24) is 5.32 Å².